The van der Waals surface area contributed by atoms with E-state index in [1.54, 1.807) is 29.6 Å². The summed E-state index contributed by atoms with van der Waals surface area (Å²) < 4.78 is 9.47. The Hall–Kier alpha value is -3.00. The lowest BCUT2D eigenvalue weighted by atomic mass is 10.1. The number of hydrogen-bond donors (Lipinski definition) is 1. The Kier molecular flexibility index (Phi) is 5.13. The Morgan fingerprint density at radius 3 is 2.54 bits per heavy atom. The van der Waals surface area contributed by atoms with E-state index in [4.69, 9.17) is 9.47 Å². The highest BCUT2D eigenvalue weighted by Crippen LogP contribution is 2.32. The Morgan fingerprint density at radius 2 is 1.81 bits per heavy atom. The number of nitrogens with zero attached hydrogens (tertiary/aromatic N) is 1. The van der Waals surface area contributed by atoms with Crippen LogP contribution in [-0.4, -0.2) is 36.1 Å². The maximum absolute atomic E-state index is 12.4. The number of rotatable bonds is 5. The van der Waals surface area contributed by atoms with Gasteiger partial charge >= 0.3 is 11.9 Å². The number of nitrogens with one attached hydrogen (secondary N) is 1. The first kappa shape index (κ1) is 17.8. The first-order valence-corrected chi connectivity index (χ1v) is 8.63. The Bertz CT molecular complexity index is 1000. The molecule has 0 fully saturated rings. The highest BCUT2D eigenvalue weighted by molar-refractivity contribution is 7.10. The molecule has 134 valence electrons. The number of hydrogen-bond acceptors (Lipinski definition) is 7. The number of esters is 2. The number of methoxy groups -OCH3 is 2. The molecule has 0 unspecified atom stereocenters. The molecule has 0 aliphatic rings. The maximum Gasteiger partial charge on any atom is 0.310 e. The van der Waals surface area contributed by atoms with Gasteiger partial charge in [-0.2, -0.15) is 0 Å². The van der Waals surface area contributed by atoms with E-state index in [2.05, 4.69) is 9.97 Å². The summed E-state index contributed by atoms with van der Waals surface area (Å²) in [6.07, 6.45) is 0.0360. The molecule has 3 aromatic rings. The number of aromatic amines is 1. The number of aromatic nitrogens is 2. The lowest BCUT2D eigenvalue weighted by molar-refractivity contribution is -0.140. The van der Waals surface area contributed by atoms with Crippen molar-refractivity contribution < 1.29 is 19.1 Å². The van der Waals surface area contributed by atoms with Crippen LogP contribution in [0.4, 0.5) is 0 Å². The van der Waals surface area contributed by atoms with Crippen molar-refractivity contribution in [3.63, 3.8) is 0 Å². The summed E-state index contributed by atoms with van der Waals surface area (Å²) in [7, 11) is 2.61. The minimum Gasteiger partial charge on any atom is -0.469 e. The van der Waals surface area contributed by atoms with E-state index in [0.29, 0.717) is 32.7 Å². The molecule has 0 saturated heterocycles. The summed E-state index contributed by atoms with van der Waals surface area (Å²) in [5.74, 6) is -0.523. The molecule has 0 saturated carbocycles. The third-order valence-electron chi connectivity index (χ3n) is 3.89. The SMILES string of the molecule is COC(=O)Cc1csc(CC(=O)OC)c1-c1nc2ccccc2c(=O)[nH]1. The van der Waals surface area contributed by atoms with Crippen LogP contribution in [-0.2, 0) is 31.9 Å². The Labute approximate surface area is 152 Å². The van der Waals surface area contributed by atoms with Crippen LogP contribution < -0.4 is 5.56 Å². The van der Waals surface area contributed by atoms with Gasteiger partial charge in [-0.05, 0) is 23.1 Å². The van der Waals surface area contributed by atoms with E-state index in [0.717, 1.165) is 0 Å². The van der Waals surface area contributed by atoms with Crippen molar-refractivity contribution in [3.8, 4) is 11.4 Å². The first-order valence-electron chi connectivity index (χ1n) is 7.75. The molecule has 26 heavy (non-hydrogen) atoms. The molecule has 1 N–H and O–H groups in total. The normalized spacial score (nSPS) is 10.7. The summed E-state index contributed by atoms with van der Waals surface area (Å²) in [6.45, 7) is 0. The summed E-state index contributed by atoms with van der Waals surface area (Å²) in [6, 6.07) is 6.97. The average Bonchev–Trinajstić information content (AvgIpc) is 3.03. The molecule has 0 atom stereocenters. The van der Waals surface area contributed by atoms with Crippen LogP contribution >= 0.6 is 11.3 Å². The Morgan fingerprint density at radius 1 is 1.12 bits per heavy atom. The molecule has 0 aliphatic carbocycles. The van der Waals surface area contributed by atoms with E-state index in [1.807, 2.05) is 0 Å². The molecule has 0 radical (unpaired) electrons. The fourth-order valence-electron chi connectivity index (χ4n) is 2.62. The second kappa shape index (κ2) is 7.49. The number of thiophene rings is 1. The van der Waals surface area contributed by atoms with E-state index in [1.165, 1.54) is 25.6 Å². The van der Waals surface area contributed by atoms with Gasteiger partial charge in [-0.25, -0.2) is 4.98 Å². The van der Waals surface area contributed by atoms with Crippen LogP contribution in [0.2, 0.25) is 0 Å². The minimum atomic E-state index is -0.420. The fourth-order valence-corrected chi connectivity index (χ4v) is 3.65. The van der Waals surface area contributed by atoms with Gasteiger partial charge in [0.1, 0.15) is 5.82 Å². The average molecular weight is 372 g/mol. The standard InChI is InChI=1S/C18H16N2O5S/c1-24-14(21)7-10-9-26-13(8-15(22)25-2)16(10)17-19-12-6-4-3-5-11(12)18(23)20-17/h3-6,9H,7-8H2,1-2H3,(H,19,20,23). The van der Waals surface area contributed by atoms with Gasteiger partial charge in [-0.1, -0.05) is 12.1 Å². The predicted octanol–water partition coefficient (Wildman–Crippen LogP) is 2.08. The summed E-state index contributed by atoms with van der Waals surface area (Å²) in [4.78, 5) is 43.8. The van der Waals surface area contributed by atoms with Crippen LogP contribution in [0.1, 0.15) is 10.4 Å². The monoisotopic (exact) mass is 372 g/mol. The lowest BCUT2D eigenvalue weighted by Gasteiger charge is -2.08. The number of carbonyl (C=O) groups excluding carboxylic acids is 2. The molecule has 2 aromatic heterocycles. The highest BCUT2D eigenvalue weighted by atomic mass is 32.1. The second-order valence-corrected chi connectivity index (χ2v) is 6.46. The van der Waals surface area contributed by atoms with Crippen molar-refractivity contribution in [2.45, 2.75) is 12.8 Å². The molecule has 2 heterocycles. The fraction of sp³-hybridized carbons (Fsp3) is 0.222. The number of benzene rings is 1. The molecule has 0 amide bonds. The van der Waals surface area contributed by atoms with Crippen LogP contribution in [0.5, 0.6) is 0 Å². The van der Waals surface area contributed by atoms with Crippen LogP contribution in [0.3, 0.4) is 0 Å². The summed E-state index contributed by atoms with van der Waals surface area (Å²) in [5, 5.41) is 2.23. The van der Waals surface area contributed by atoms with Crippen molar-refractivity contribution in [2.24, 2.45) is 0 Å². The molecule has 7 nitrogen and oxygen atoms in total. The molecule has 8 heteroatoms. The molecular weight excluding hydrogens is 356 g/mol. The number of ether oxygens (including phenoxy) is 2. The van der Waals surface area contributed by atoms with Crippen molar-refractivity contribution >= 4 is 34.2 Å². The van der Waals surface area contributed by atoms with Crippen LogP contribution in [0, 0.1) is 0 Å². The van der Waals surface area contributed by atoms with Gasteiger partial charge in [0.05, 0.1) is 38.0 Å². The van der Waals surface area contributed by atoms with Crippen molar-refractivity contribution in [1.82, 2.24) is 9.97 Å². The zero-order valence-corrected chi connectivity index (χ0v) is 15.0. The van der Waals surface area contributed by atoms with Gasteiger partial charge in [0.25, 0.3) is 5.56 Å². The number of para-hydroxylation sites is 1. The van der Waals surface area contributed by atoms with Gasteiger partial charge in [0.2, 0.25) is 0 Å². The Balaban J connectivity index is 2.17. The second-order valence-electron chi connectivity index (χ2n) is 5.50. The maximum atomic E-state index is 12.4. The molecule has 1 aromatic carbocycles. The largest absolute Gasteiger partial charge is 0.469 e. The molecule has 3 rings (SSSR count). The van der Waals surface area contributed by atoms with E-state index in [-0.39, 0.29) is 18.4 Å². The van der Waals surface area contributed by atoms with Crippen molar-refractivity contribution in [2.75, 3.05) is 14.2 Å². The molecular formula is C18H16N2O5S. The van der Waals surface area contributed by atoms with E-state index < -0.39 is 11.9 Å². The molecule has 0 spiro atoms. The van der Waals surface area contributed by atoms with Gasteiger partial charge < -0.3 is 14.5 Å². The number of carbonyl (C=O) groups is 2. The quantitative estimate of drug-likeness (QED) is 0.689. The number of H-pyrrole nitrogens is 1. The highest BCUT2D eigenvalue weighted by Gasteiger charge is 2.21. The summed E-state index contributed by atoms with van der Waals surface area (Å²) in [5.41, 5.74) is 1.45. The topological polar surface area (TPSA) is 98.3 Å². The molecule has 0 aliphatic heterocycles. The van der Waals surface area contributed by atoms with Crippen LogP contribution in [0.25, 0.3) is 22.3 Å². The zero-order valence-electron chi connectivity index (χ0n) is 14.2. The van der Waals surface area contributed by atoms with E-state index in [9.17, 15) is 14.4 Å². The lowest BCUT2D eigenvalue weighted by Crippen LogP contribution is -2.12. The minimum absolute atomic E-state index is 0.0139. The smallest absolute Gasteiger partial charge is 0.310 e. The summed E-state index contributed by atoms with van der Waals surface area (Å²) >= 11 is 1.31. The first-order chi connectivity index (χ1) is 12.5. The van der Waals surface area contributed by atoms with Gasteiger partial charge in [-0.3, -0.25) is 14.4 Å². The van der Waals surface area contributed by atoms with Gasteiger partial charge in [-0.15, -0.1) is 11.3 Å². The third-order valence-corrected chi connectivity index (χ3v) is 4.92. The zero-order chi connectivity index (χ0) is 18.7. The number of fused-ring (bicyclic) bond motifs is 1. The molecule has 0 bridgehead atoms. The van der Waals surface area contributed by atoms with Gasteiger partial charge in [0.15, 0.2) is 0 Å². The van der Waals surface area contributed by atoms with Gasteiger partial charge in [0, 0.05) is 10.4 Å². The van der Waals surface area contributed by atoms with Crippen molar-refractivity contribution in [3.05, 3.63) is 50.4 Å². The van der Waals surface area contributed by atoms with Crippen molar-refractivity contribution in [1.29, 1.82) is 0 Å². The van der Waals surface area contributed by atoms with E-state index >= 15 is 0 Å². The third kappa shape index (κ3) is 3.50. The predicted molar refractivity (Wildman–Crippen MR) is 97.1 cm³/mol. The van der Waals surface area contributed by atoms with Crippen LogP contribution in [0.15, 0.2) is 34.4 Å².